The number of benzene rings is 1. The van der Waals surface area contributed by atoms with Gasteiger partial charge in [0.2, 0.25) is 0 Å². The predicted molar refractivity (Wildman–Crippen MR) is 107 cm³/mol. The molecule has 1 amide bonds. The lowest BCUT2D eigenvalue weighted by molar-refractivity contribution is 0.0714. The van der Waals surface area contributed by atoms with E-state index in [0.717, 1.165) is 16.8 Å². The van der Waals surface area contributed by atoms with E-state index in [1.807, 2.05) is 66.4 Å². The Bertz CT molecular complexity index is 1190. The second kappa shape index (κ2) is 6.77. The molecule has 0 radical (unpaired) electrons. The van der Waals surface area contributed by atoms with Crippen LogP contribution in [-0.4, -0.2) is 36.9 Å². The number of aromatic nitrogens is 4. The number of aryl methyl sites for hydroxylation is 2. The number of rotatable bonds is 3. The topological polar surface area (TPSA) is 69.1 Å². The third-order valence-electron chi connectivity index (χ3n) is 5.53. The Hall–Kier alpha value is -3.61. The van der Waals surface area contributed by atoms with Gasteiger partial charge < -0.3 is 14.0 Å². The lowest BCUT2D eigenvalue weighted by Gasteiger charge is -2.34. The SMILES string of the molecule is Cn1cc(C2CN(C(=O)c3cc(-c4cccn4C)on3)Cc3ccccc32)cn1. The van der Waals surface area contributed by atoms with Gasteiger partial charge in [-0.25, -0.2) is 0 Å². The average Bonchev–Trinajstić information content (AvgIpc) is 3.47. The van der Waals surface area contributed by atoms with Gasteiger partial charge in [0.15, 0.2) is 11.5 Å². The quantitative estimate of drug-likeness (QED) is 0.541. The van der Waals surface area contributed by atoms with Gasteiger partial charge in [0.1, 0.15) is 0 Å². The Labute approximate surface area is 168 Å². The van der Waals surface area contributed by atoms with Crippen molar-refractivity contribution in [3.05, 3.63) is 83.4 Å². The third kappa shape index (κ3) is 3.04. The summed E-state index contributed by atoms with van der Waals surface area (Å²) in [6.45, 7) is 1.13. The first-order chi connectivity index (χ1) is 14.1. The van der Waals surface area contributed by atoms with Crippen LogP contribution in [0.1, 0.15) is 33.1 Å². The lowest BCUT2D eigenvalue weighted by atomic mass is 9.86. The number of carbonyl (C=O) groups is 1. The Balaban J connectivity index is 1.46. The first-order valence-corrected chi connectivity index (χ1v) is 9.54. The van der Waals surface area contributed by atoms with Gasteiger partial charge in [-0.1, -0.05) is 29.4 Å². The Morgan fingerprint density at radius 1 is 1.17 bits per heavy atom. The monoisotopic (exact) mass is 387 g/mol. The number of fused-ring (bicyclic) bond motifs is 1. The van der Waals surface area contributed by atoms with E-state index in [4.69, 9.17) is 4.52 Å². The van der Waals surface area contributed by atoms with Crippen molar-refractivity contribution in [2.45, 2.75) is 12.5 Å². The standard InChI is InChI=1S/C22H21N5O2/c1-25-9-5-8-20(25)21-10-19(24-29-21)22(28)27-13-15-6-3-4-7-17(15)18(14-27)16-11-23-26(2)12-16/h3-12,18H,13-14H2,1-2H3. The van der Waals surface area contributed by atoms with Crippen LogP contribution >= 0.6 is 0 Å². The average molecular weight is 387 g/mol. The van der Waals surface area contributed by atoms with E-state index in [2.05, 4.69) is 22.4 Å². The molecule has 1 aliphatic heterocycles. The molecule has 3 aromatic heterocycles. The minimum atomic E-state index is -0.127. The van der Waals surface area contributed by atoms with Crippen molar-refractivity contribution in [3.8, 4) is 11.5 Å². The predicted octanol–water partition coefficient (Wildman–Crippen LogP) is 3.20. The van der Waals surface area contributed by atoms with E-state index in [1.165, 1.54) is 5.56 Å². The fourth-order valence-electron chi connectivity index (χ4n) is 4.04. The van der Waals surface area contributed by atoms with Gasteiger partial charge in [-0.3, -0.25) is 9.48 Å². The first kappa shape index (κ1) is 17.5. The summed E-state index contributed by atoms with van der Waals surface area (Å²) < 4.78 is 9.18. The van der Waals surface area contributed by atoms with E-state index < -0.39 is 0 Å². The largest absolute Gasteiger partial charge is 0.354 e. The molecule has 0 saturated carbocycles. The zero-order chi connectivity index (χ0) is 20.0. The number of hydrogen-bond donors (Lipinski definition) is 0. The normalized spacial score (nSPS) is 16.1. The summed E-state index contributed by atoms with van der Waals surface area (Å²) >= 11 is 0. The Morgan fingerprint density at radius 3 is 2.79 bits per heavy atom. The van der Waals surface area contributed by atoms with Gasteiger partial charge in [-0.15, -0.1) is 0 Å². The van der Waals surface area contributed by atoms with Crippen LogP contribution in [0.2, 0.25) is 0 Å². The molecule has 1 aliphatic rings. The molecule has 1 aromatic carbocycles. The summed E-state index contributed by atoms with van der Waals surface area (Å²) in [5.41, 5.74) is 4.70. The highest BCUT2D eigenvalue weighted by Gasteiger charge is 2.31. The number of carbonyl (C=O) groups excluding carboxylic acids is 1. The van der Waals surface area contributed by atoms with Crippen molar-refractivity contribution in [1.29, 1.82) is 0 Å². The summed E-state index contributed by atoms with van der Waals surface area (Å²) in [6.07, 6.45) is 5.82. The van der Waals surface area contributed by atoms with Crippen LogP contribution in [0, 0.1) is 0 Å². The van der Waals surface area contributed by atoms with Crippen LogP contribution in [0.25, 0.3) is 11.5 Å². The highest BCUT2D eigenvalue weighted by atomic mass is 16.5. The van der Waals surface area contributed by atoms with Crippen molar-refractivity contribution in [3.63, 3.8) is 0 Å². The zero-order valence-corrected chi connectivity index (χ0v) is 16.3. The highest BCUT2D eigenvalue weighted by Crippen LogP contribution is 2.34. The molecule has 0 bridgehead atoms. The van der Waals surface area contributed by atoms with E-state index in [9.17, 15) is 4.79 Å². The number of nitrogens with zero attached hydrogens (tertiary/aromatic N) is 5. The maximum absolute atomic E-state index is 13.2. The van der Waals surface area contributed by atoms with E-state index in [0.29, 0.717) is 24.5 Å². The Morgan fingerprint density at radius 2 is 2.03 bits per heavy atom. The van der Waals surface area contributed by atoms with Crippen molar-refractivity contribution in [2.75, 3.05) is 6.54 Å². The van der Waals surface area contributed by atoms with Crippen LogP contribution in [0.4, 0.5) is 0 Å². The van der Waals surface area contributed by atoms with Crippen molar-refractivity contribution in [2.24, 2.45) is 14.1 Å². The van der Waals surface area contributed by atoms with E-state index in [-0.39, 0.29) is 11.8 Å². The van der Waals surface area contributed by atoms with Crippen molar-refractivity contribution in [1.82, 2.24) is 24.4 Å². The molecule has 29 heavy (non-hydrogen) atoms. The summed E-state index contributed by atoms with van der Waals surface area (Å²) in [4.78, 5) is 15.1. The summed E-state index contributed by atoms with van der Waals surface area (Å²) in [7, 11) is 3.83. The summed E-state index contributed by atoms with van der Waals surface area (Å²) in [6, 6.07) is 13.9. The molecule has 146 valence electrons. The van der Waals surface area contributed by atoms with Crippen molar-refractivity contribution >= 4 is 5.91 Å². The molecular formula is C22H21N5O2. The molecule has 1 unspecified atom stereocenters. The highest BCUT2D eigenvalue weighted by molar-refractivity contribution is 5.93. The fourth-order valence-corrected chi connectivity index (χ4v) is 4.04. The van der Waals surface area contributed by atoms with Crippen LogP contribution in [0.15, 0.2) is 65.6 Å². The number of hydrogen-bond acceptors (Lipinski definition) is 4. The minimum absolute atomic E-state index is 0.0804. The molecule has 0 fully saturated rings. The maximum atomic E-state index is 13.2. The second-order valence-electron chi connectivity index (χ2n) is 7.47. The lowest BCUT2D eigenvalue weighted by Crippen LogP contribution is -2.38. The summed E-state index contributed by atoms with van der Waals surface area (Å²) in [5.74, 6) is 0.538. The molecule has 4 heterocycles. The van der Waals surface area contributed by atoms with Gasteiger partial charge >= 0.3 is 0 Å². The summed E-state index contributed by atoms with van der Waals surface area (Å²) in [5, 5.41) is 8.37. The molecule has 0 saturated heterocycles. The minimum Gasteiger partial charge on any atom is -0.354 e. The van der Waals surface area contributed by atoms with Crippen LogP contribution in [0.5, 0.6) is 0 Å². The smallest absolute Gasteiger partial charge is 0.276 e. The van der Waals surface area contributed by atoms with Gasteiger partial charge in [0, 0.05) is 51.6 Å². The Kier molecular flexibility index (Phi) is 4.08. The molecule has 0 N–H and O–H groups in total. The zero-order valence-electron chi connectivity index (χ0n) is 16.3. The van der Waals surface area contributed by atoms with Gasteiger partial charge in [0.05, 0.1) is 11.9 Å². The van der Waals surface area contributed by atoms with Gasteiger partial charge in [-0.05, 0) is 28.8 Å². The fraction of sp³-hybridized carbons (Fsp3) is 0.227. The third-order valence-corrected chi connectivity index (χ3v) is 5.53. The molecule has 7 nitrogen and oxygen atoms in total. The van der Waals surface area contributed by atoms with E-state index in [1.54, 1.807) is 10.7 Å². The van der Waals surface area contributed by atoms with Gasteiger partial charge in [-0.2, -0.15) is 5.10 Å². The molecule has 5 rings (SSSR count). The molecule has 7 heteroatoms. The van der Waals surface area contributed by atoms with E-state index >= 15 is 0 Å². The maximum Gasteiger partial charge on any atom is 0.276 e. The molecule has 4 aromatic rings. The molecule has 0 aliphatic carbocycles. The molecular weight excluding hydrogens is 366 g/mol. The van der Waals surface area contributed by atoms with Crippen LogP contribution < -0.4 is 0 Å². The number of amides is 1. The second-order valence-corrected chi connectivity index (χ2v) is 7.47. The molecule has 1 atom stereocenters. The first-order valence-electron chi connectivity index (χ1n) is 9.54. The van der Waals surface area contributed by atoms with Crippen LogP contribution in [-0.2, 0) is 20.6 Å². The van der Waals surface area contributed by atoms with Gasteiger partial charge in [0.25, 0.3) is 5.91 Å². The van der Waals surface area contributed by atoms with Crippen LogP contribution in [0.3, 0.4) is 0 Å². The molecule has 0 spiro atoms. The van der Waals surface area contributed by atoms with Crippen molar-refractivity contribution < 1.29 is 9.32 Å².